The molecule has 0 fully saturated rings. The molecule has 2 heterocycles. The molecule has 154 valence electrons. The van der Waals surface area contributed by atoms with Crippen molar-refractivity contribution in [1.82, 2.24) is 20.0 Å². The van der Waals surface area contributed by atoms with Gasteiger partial charge in [-0.2, -0.15) is 5.10 Å². The van der Waals surface area contributed by atoms with E-state index in [2.05, 4.69) is 17.3 Å². The first-order chi connectivity index (χ1) is 13.6. The standard InChI is InChI=1S/C21H32N4O3/c1-4-25-19-8-7-17(22-10-6-11-27-5-2)13-18(19)20(23-25)21(26)24(3)14-16-9-12-28-15-16/h9,12,15,17,22H,4-8,10-11,13-14H2,1-3H3/t17-/m0/s1. The highest BCUT2D eigenvalue weighted by Crippen LogP contribution is 2.26. The predicted molar refractivity (Wildman–Crippen MR) is 107 cm³/mol. The van der Waals surface area contributed by atoms with E-state index in [9.17, 15) is 4.79 Å². The molecule has 2 aromatic rings. The normalized spacial score (nSPS) is 16.2. The molecule has 1 aliphatic carbocycles. The molecule has 0 aromatic carbocycles. The molecule has 0 unspecified atom stereocenters. The zero-order valence-corrected chi connectivity index (χ0v) is 17.2. The summed E-state index contributed by atoms with van der Waals surface area (Å²) in [6.45, 7) is 7.89. The Balaban J connectivity index is 1.68. The van der Waals surface area contributed by atoms with Gasteiger partial charge in [-0.15, -0.1) is 0 Å². The monoisotopic (exact) mass is 388 g/mol. The number of hydrogen-bond acceptors (Lipinski definition) is 5. The second-order valence-corrected chi connectivity index (χ2v) is 7.33. The molecule has 0 saturated carbocycles. The van der Waals surface area contributed by atoms with Crippen LogP contribution in [0, 0.1) is 0 Å². The number of furan rings is 1. The largest absolute Gasteiger partial charge is 0.472 e. The van der Waals surface area contributed by atoms with Crippen LogP contribution in [0.1, 0.15) is 54.0 Å². The molecule has 1 N–H and O–H groups in total. The van der Waals surface area contributed by atoms with Gasteiger partial charge in [-0.05, 0) is 52.1 Å². The van der Waals surface area contributed by atoms with Crippen molar-refractivity contribution in [1.29, 1.82) is 0 Å². The Morgan fingerprint density at radius 3 is 3.04 bits per heavy atom. The second-order valence-electron chi connectivity index (χ2n) is 7.33. The zero-order chi connectivity index (χ0) is 19.9. The molecule has 0 radical (unpaired) electrons. The summed E-state index contributed by atoms with van der Waals surface area (Å²) in [5, 5.41) is 8.30. The average molecular weight is 389 g/mol. The smallest absolute Gasteiger partial charge is 0.274 e. The van der Waals surface area contributed by atoms with Gasteiger partial charge in [-0.25, -0.2) is 0 Å². The summed E-state index contributed by atoms with van der Waals surface area (Å²) >= 11 is 0. The van der Waals surface area contributed by atoms with E-state index < -0.39 is 0 Å². The number of carbonyl (C=O) groups excluding carboxylic acids is 1. The van der Waals surface area contributed by atoms with E-state index in [1.165, 1.54) is 5.69 Å². The number of amides is 1. The minimum atomic E-state index is -0.0263. The molecular weight excluding hydrogens is 356 g/mol. The third-order valence-electron chi connectivity index (χ3n) is 5.30. The van der Waals surface area contributed by atoms with Crippen LogP contribution in [0.5, 0.6) is 0 Å². The van der Waals surface area contributed by atoms with E-state index in [0.29, 0.717) is 18.3 Å². The van der Waals surface area contributed by atoms with Gasteiger partial charge in [0.15, 0.2) is 5.69 Å². The lowest BCUT2D eigenvalue weighted by Crippen LogP contribution is -2.36. The van der Waals surface area contributed by atoms with Crippen molar-refractivity contribution in [3.63, 3.8) is 0 Å². The Labute approximate surface area is 167 Å². The van der Waals surface area contributed by atoms with Gasteiger partial charge >= 0.3 is 0 Å². The maximum Gasteiger partial charge on any atom is 0.274 e. The molecule has 1 atom stereocenters. The van der Waals surface area contributed by atoms with Crippen LogP contribution in [-0.2, 0) is 30.7 Å². The van der Waals surface area contributed by atoms with Gasteiger partial charge < -0.3 is 19.4 Å². The zero-order valence-electron chi connectivity index (χ0n) is 17.2. The minimum Gasteiger partial charge on any atom is -0.472 e. The van der Waals surface area contributed by atoms with Crippen molar-refractivity contribution in [3.05, 3.63) is 41.1 Å². The molecule has 2 aromatic heterocycles. The Hall–Kier alpha value is -2.12. The molecule has 28 heavy (non-hydrogen) atoms. The quantitative estimate of drug-likeness (QED) is 0.634. The van der Waals surface area contributed by atoms with E-state index in [-0.39, 0.29) is 5.91 Å². The molecule has 1 aliphatic rings. The molecule has 0 spiro atoms. The summed E-state index contributed by atoms with van der Waals surface area (Å²) in [5.41, 5.74) is 3.91. The van der Waals surface area contributed by atoms with Gasteiger partial charge in [0.2, 0.25) is 0 Å². The number of rotatable bonds is 10. The third kappa shape index (κ3) is 4.83. The molecule has 7 nitrogen and oxygen atoms in total. The number of carbonyl (C=O) groups is 1. The van der Waals surface area contributed by atoms with Crippen LogP contribution in [0.2, 0.25) is 0 Å². The van der Waals surface area contributed by atoms with E-state index in [4.69, 9.17) is 9.15 Å². The summed E-state index contributed by atoms with van der Waals surface area (Å²) in [4.78, 5) is 14.8. The fourth-order valence-corrected chi connectivity index (χ4v) is 3.83. The number of fused-ring (bicyclic) bond motifs is 1. The van der Waals surface area contributed by atoms with E-state index in [0.717, 1.165) is 63.1 Å². The van der Waals surface area contributed by atoms with Crippen molar-refractivity contribution < 1.29 is 13.9 Å². The topological polar surface area (TPSA) is 72.5 Å². The number of nitrogens with zero attached hydrogens (tertiary/aromatic N) is 3. The second kappa shape index (κ2) is 9.89. The molecule has 0 aliphatic heterocycles. The molecule has 0 bridgehead atoms. The average Bonchev–Trinajstić information content (AvgIpc) is 3.34. The van der Waals surface area contributed by atoms with Crippen LogP contribution in [-0.4, -0.2) is 53.4 Å². The first kappa shape index (κ1) is 20.6. The summed E-state index contributed by atoms with van der Waals surface area (Å²) in [7, 11) is 1.82. The Morgan fingerprint density at radius 1 is 1.46 bits per heavy atom. The Bertz CT molecular complexity index is 754. The first-order valence-electron chi connectivity index (χ1n) is 10.3. The van der Waals surface area contributed by atoms with Gasteiger partial charge in [0.05, 0.1) is 12.5 Å². The number of hydrogen-bond donors (Lipinski definition) is 1. The molecule has 7 heteroatoms. The van der Waals surface area contributed by atoms with Crippen LogP contribution in [0.15, 0.2) is 23.0 Å². The van der Waals surface area contributed by atoms with Gasteiger partial charge in [-0.1, -0.05) is 0 Å². The van der Waals surface area contributed by atoms with Gasteiger partial charge in [0, 0.05) is 56.2 Å². The van der Waals surface area contributed by atoms with Gasteiger partial charge in [-0.3, -0.25) is 9.48 Å². The molecular formula is C21H32N4O3. The van der Waals surface area contributed by atoms with E-state index in [1.807, 2.05) is 24.7 Å². The van der Waals surface area contributed by atoms with Crippen LogP contribution < -0.4 is 5.32 Å². The highest BCUT2D eigenvalue weighted by Gasteiger charge is 2.30. The van der Waals surface area contributed by atoms with Gasteiger partial charge in [0.1, 0.15) is 0 Å². The van der Waals surface area contributed by atoms with E-state index >= 15 is 0 Å². The summed E-state index contributed by atoms with van der Waals surface area (Å²) in [5.74, 6) is -0.0263. The Morgan fingerprint density at radius 2 is 2.32 bits per heavy atom. The highest BCUT2D eigenvalue weighted by molar-refractivity contribution is 5.94. The summed E-state index contributed by atoms with van der Waals surface area (Å²) in [6, 6.07) is 2.26. The lowest BCUT2D eigenvalue weighted by atomic mass is 9.91. The highest BCUT2D eigenvalue weighted by atomic mass is 16.5. The molecule has 1 amide bonds. The summed E-state index contributed by atoms with van der Waals surface area (Å²) in [6.07, 6.45) is 7.19. The molecule has 0 saturated heterocycles. The number of ether oxygens (including phenoxy) is 1. The van der Waals surface area contributed by atoms with Crippen LogP contribution in [0.3, 0.4) is 0 Å². The predicted octanol–water partition coefficient (Wildman–Crippen LogP) is 2.64. The SMILES string of the molecule is CCOCCCN[C@H]1CCc2c(c(C(=O)N(C)Cc3ccoc3)nn2CC)C1. The lowest BCUT2D eigenvalue weighted by molar-refractivity contribution is 0.0777. The fourth-order valence-electron chi connectivity index (χ4n) is 3.83. The van der Waals surface area contributed by atoms with Crippen molar-refractivity contribution in [2.75, 3.05) is 26.8 Å². The maximum atomic E-state index is 13.1. The van der Waals surface area contributed by atoms with Crippen molar-refractivity contribution in [3.8, 4) is 0 Å². The molecule has 3 rings (SSSR count). The first-order valence-corrected chi connectivity index (χ1v) is 10.3. The van der Waals surface area contributed by atoms with Crippen LogP contribution in [0.25, 0.3) is 0 Å². The number of nitrogens with one attached hydrogen (secondary N) is 1. The number of aromatic nitrogens is 2. The van der Waals surface area contributed by atoms with E-state index in [1.54, 1.807) is 17.4 Å². The van der Waals surface area contributed by atoms with Crippen molar-refractivity contribution in [2.45, 2.75) is 58.7 Å². The Kier molecular flexibility index (Phi) is 7.28. The van der Waals surface area contributed by atoms with Crippen LogP contribution >= 0.6 is 0 Å². The number of aryl methyl sites for hydroxylation is 1. The van der Waals surface area contributed by atoms with Gasteiger partial charge in [0.25, 0.3) is 5.91 Å². The fraction of sp³-hybridized carbons (Fsp3) is 0.619. The van der Waals surface area contributed by atoms with Crippen molar-refractivity contribution in [2.24, 2.45) is 0 Å². The van der Waals surface area contributed by atoms with Crippen molar-refractivity contribution >= 4 is 5.91 Å². The minimum absolute atomic E-state index is 0.0263. The lowest BCUT2D eigenvalue weighted by Gasteiger charge is -2.25. The van der Waals surface area contributed by atoms with Crippen LogP contribution in [0.4, 0.5) is 0 Å². The third-order valence-corrected chi connectivity index (χ3v) is 5.30. The maximum absolute atomic E-state index is 13.1. The summed E-state index contributed by atoms with van der Waals surface area (Å²) < 4.78 is 12.5.